The Kier molecular flexibility index (Phi) is 15.5. The lowest BCUT2D eigenvalue weighted by atomic mass is 9.66. The molecule has 8 unspecified atom stereocenters. The van der Waals surface area contributed by atoms with Crippen molar-refractivity contribution in [3.8, 4) is 0 Å². The minimum absolute atomic E-state index is 0. The summed E-state index contributed by atoms with van der Waals surface area (Å²) in [6, 6.07) is 0. The van der Waals surface area contributed by atoms with E-state index in [1.54, 1.807) is 0 Å². The molecule has 4 saturated heterocycles. The van der Waals surface area contributed by atoms with Crippen LogP contribution in [0.15, 0.2) is 0 Å². The molecule has 0 bridgehead atoms. The summed E-state index contributed by atoms with van der Waals surface area (Å²) in [7, 11) is 0. The van der Waals surface area contributed by atoms with Crippen molar-refractivity contribution in [2.24, 2.45) is 69.0 Å². The molecule has 4 fully saturated rings. The second kappa shape index (κ2) is 16.9. The molecule has 0 aromatic carbocycles. The second-order valence-electron chi connectivity index (χ2n) is 20.6. The molecule has 4 heterocycles. The molecule has 51 heavy (non-hydrogen) atoms. The van der Waals surface area contributed by atoms with Crippen LogP contribution in [0.25, 0.3) is 0 Å². The molecule has 0 aliphatic carbocycles. The molecule has 0 saturated carbocycles. The van der Waals surface area contributed by atoms with Gasteiger partial charge in [-0.1, -0.05) is 132 Å². The normalized spacial score (nSPS) is 46.1. The van der Waals surface area contributed by atoms with Gasteiger partial charge in [0.25, 0.3) is 0 Å². The second-order valence-corrected chi connectivity index (χ2v) is 20.6. The zero-order chi connectivity index (χ0) is 38.6. The quantitative estimate of drug-likeness (QED) is 0.272. The van der Waals surface area contributed by atoms with Gasteiger partial charge in [-0.3, -0.25) is 0 Å². The van der Waals surface area contributed by atoms with Gasteiger partial charge in [-0.2, -0.15) is 0 Å². The summed E-state index contributed by atoms with van der Waals surface area (Å²) in [5, 5.41) is 0. The number of hydrogen-bond acceptors (Lipinski definition) is 6. The van der Waals surface area contributed by atoms with Gasteiger partial charge in [-0.15, -0.1) is 0 Å². The van der Waals surface area contributed by atoms with Gasteiger partial charge in [0.05, 0.1) is 48.8 Å². The largest absolute Gasteiger partial charge is 0.372 e. The lowest BCUT2D eigenvalue weighted by Crippen LogP contribution is -2.59. The standard InChI is InChI=1S/2C22H42O3.CH4/c2*1-12(2)18-14(4)22(10,11)19(17(7)23-18)25-20-15(5)21(8,9)13(3)16(6)24-20;/h2*12-20H,1-11H3;1H4/t13-,14?,15?,16?,17?,18-,19+,20+;13-,14?,15?,16?,17?,18-,19+,20-;/m00./s1. The van der Waals surface area contributed by atoms with E-state index in [-0.39, 0.29) is 90.5 Å². The minimum Gasteiger partial charge on any atom is -0.372 e. The Morgan fingerprint density at radius 2 is 0.647 bits per heavy atom. The Morgan fingerprint density at radius 1 is 0.373 bits per heavy atom. The van der Waals surface area contributed by atoms with E-state index in [4.69, 9.17) is 28.4 Å². The van der Waals surface area contributed by atoms with Crippen molar-refractivity contribution in [3.05, 3.63) is 0 Å². The van der Waals surface area contributed by atoms with E-state index >= 15 is 0 Å². The average Bonchev–Trinajstić information content (AvgIpc) is 3.00. The van der Waals surface area contributed by atoms with Crippen LogP contribution in [0.4, 0.5) is 0 Å². The smallest absolute Gasteiger partial charge is 0.161 e. The van der Waals surface area contributed by atoms with Crippen molar-refractivity contribution in [2.45, 2.75) is 221 Å². The van der Waals surface area contributed by atoms with E-state index < -0.39 is 0 Å². The summed E-state index contributed by atoms with van der Waals surface area (Å²) in [5.74, 6) is 3.64. The summed E-state index contributed by atoms with van der Waals surface area (Å²) in [5.41, 5.74) is 0.479. The van der Waals surface area contributed by atoms with Crippen LogP contribution >= 0.6 is 0 Å². The van der Waals surface area contributed by atoms with E-state index in [9.17, 15) is 0 Å². The molecule has 6 heteroatoms. The summed E-state index contributed by atoms with van der Waals surface area (Å²) < 4.78 is 38.8. The van der Waals surface area contributed by atoms with Crippen molar-refractivity contribution >= 4 is 0 Å². The maximum absolute atomic E-state index is 6.68. The average molecular weight is 725 g/mol. The van der Waals surface area contributed by atoms with Gasteiger partial charge in [0.15, 0.2) is 12.6 Å². The molecule has 0 aromatic rings. The predicted octanol–water partition coefficient (Wildman–Crippen LogP) is 11.7. The van der Waals surface area contributed by atoms with E-state index in [1.165, 1.54) is 0 Å². The van der Waals surface area contributed by atoms with Gasteiger partial charge in [0.1, 0.15) is 0 Å². The van der Waals surface area contributed by atoms with E-state index in [0.29, 0.717) is 47.3 Å². The summed E-state index contributed by atoms with van der Waals surface area (Å²) in [6.45, 7) is 50.2. The highest BCUT2D eigenvalue weighted by molar-refractivity contribution is 5.00. The first-order chi connectivity index (χ1) is 22.6. The SMILES string of the molecule is C.CC(C)[C@@H]1OC(C)[C@@H](O[C@@H]2OC(C)[C@H](C)C(C)(C)C2C)C(C)(C)C1C.CC(C)[C@@H]1OC(C)[C@@H](O[C@H]2OC(C)[C@H](C)C(C)(C)C2C)C(C)(C)C1C. The van der Waals surface area contributed by atoms with Gasteiger partial charge >= 0.3 is 0 Å². The zero-order valence-electron chi connectivity index (χ0n) is 36.8. The molecular weight excluding hydrogens is 636 g/mol. The molecule has 4 aliphatic heterocycles. The van der Waals surface area contributed by atoms with Gasteiger partial charge < -0.3 is 28.4 Å². The minimum atomic E-state index is -0.167. The van der Waals surface area contributed by atoms with Crippen molar-refractivity contribution < 1.29 is 28.4 Å². The first-order valence-electron chi connectivity index (χ1n) is 20.6. The van der Waals surface area contributed by atoms with Crippen LogP contribution in [0, 0.1) is 69.0 Å². The molecule has 16 atom stereocenters. The van der Waals surface area contributed by atoms with E-state index in [1.807, 2.05) is 0 Å². The third kappa shape index (κ3) is 9.09. The van der Waals surface area contributed by atoms with Crippen LogP contribution in [0.1, 0.15) is 160 Å². The molecule has 0 N–H and O–H groups in total. The molecule has 4 rings (SSSR count). The van der Waals surface area contributed by atoms with Crippen LogP contribution < -0.4 is 0 Å². The highest BCUT2D eigenvalue weighted by Crippen LogP contribution is 2.51. The Balaban J connectivity index is 0.000000347. The van der Waals surface area contributed by atoms with Gasteiger partial charge in [0.2, 0.25) is 0 Å². The fraction of sp³-hybridized carbons (Fsp3) is 1.00. The van der Waals surface area contributed by atoms with Crippen LogP contribution in [0.3, 0.4) is 0 Å². The Labute approximate surface area is 317 Å². The van der Waals surface area contributed by atoms with Crippen molar-refractivity contribution in [1.82, 2.24) is 0 Å². The Hall–Kier alpha value is -0.240. The summed E-state index contributed by atoms with van der Waals surface area (Å²) in [4.78, 5) is 0. The molecular formula is C45H88O6. The molecule has 0 spiro atoms. The Morgan fingerprint density at radius 3 is 0.902 bits per heavy atom. The maximum atomic E-state index is 6.68. The van der Waals surface area contributed by atoms with Crippen molar-refractivity contribution in [3.63, 3.8) is 0 Å². The first-order valence-corrected chi connectivity index (χ1v) is 20.6. The third-order valence-electron chi connectivity index (χ3n) is 15.9. The van der Waals surface area contributed by atoms with E-state index in [2.05, 4.69) is 152 Å². The zero-order valence-corrected chi connectivity index (χ0v) is 36.8. The summed E-state index contributed by atoms with van der Waals surface area (Å²) >= 11 is 0. The van der Waals surface area contributed by atoms with Gasteiger partial charge in [-0.05, 0) is 84.9 Å². The molecule has 0 amide bonds. The third-order valence-corrected chi connectivity index (χ3v) is 15.9. The highest BCUT2D eigenvalue weighted by Gasteiger charge is 2.54. The van der Waals surface area contributed by atoms with E-state index in [0.717, 1.165) is 0 Å². The molecule has 0 aromatic heterocycles. The lowest BCUT2D eigenvalue weighted by molar-refractivity contribution is -0.322. The lowest BCUT2D eigenvalue weighted by Gasteiger charge is -2.55. The fourth-order valence-electron chi connectivity index (χ4n) is 9.71. The van der Waals surface area contributed by atoms with Crippen molar-refractivity contribution in [2.75, 3.05) is 0 Å². The molecule has 6 nitrogen and oxygen atoms in total. The molecule has 304 valence electrons. The summed E-state index contributed by atoms with van der Waals surface area (Å²) in [6.07, 6.45) is 0.885. The first kappa shape index (κ1) is 46.9. The monoisotopic (exact) mass is 725 g/mol. The van der Waals surface area contributed by atoms with Crippen molar-refractivity contribution in [1.29, 1.82) is 0 Å². The predicted molar refractivity (Wildman–Crippen MR) is 214 cm³/mol. The molecule has 4 aliphatic rings. The van der Waals surface area contributed by atoms with Gasteiger partial charge in [0, 0.05) is 11.8 Å². The Bertz CT molecular complexity index is 997. The number of hydrogen-bond donors (Lipinski definition) is 0. The van der Waals surface area contributed by atoms with Crippen LogP contribution in [-0.2, 0) is 28.4 Å². The number of ether oxygens (including phenoxy) is 6. The fourth-order valence-corrected chi connectivity index (χ4v) is 9.71. The highest BCUT2D eigenvalue weighted by atomic mass is 16.7. The maximum Gasteiger partial charge on any atom is 0.161 e. The van der Waals surface area contributed by atoms with Crippen LogP contribution in [0.5, 0.6) is 0 Å². The van der Waals surface area contributed by atoms with Crippen LogP contribution in [0.2, 0.25) is 0 Å². The topological polar surface area (TPSA) is 55.4 Å². The molecule has 0 radical (unpaired) electrons. The van der Waals surface area contributed by atoms with Crippen LogP contribution in [-0.4, -0.2) is 61.4 Å². The van der Waals surface area contributed by atoms with Gasteiger partial charge in [-0.25, -0.2) is 0 Å². The number of rotatable bonds is 6.